The zero-order chi connectivity index (χ0) is 26.5. The Morgan fingerprint density at radius 2 is 1.64 bits per heavy atom. The fourth-order valence-electron chi connectivity index (χ4n) is 2.86. The summed E-state index contributed by atoms with van der Waals surface area (Å²) in [5.74, 6) is -0.926. The summed E-state index contributed by atoms with van der Waals surface area (Å²) in [6.07, 6.45) is 1.04. The van der Waals surface area contributed by atoms with E-state index < -0.39 is 33.2 Å². The zero-order valence-corrected chi connectivity index (χ0v) is 20.7. The molecular weight excluding hydrogens is 518 g/mol. The maximum atomic E-state index is 12.7. The molecule has 3 rings (SSSR count). The van der Waals surface area contributed by atoms with Crippen LogP contribution in [0.5, 0.6) is 17.2 Å². The molecule has 0 aliphatic rings. The minimum Gasteiger partial charge on any atom is -0.496 e. The Hall–Kier alpha value is -4.24. The molecule has 1 amide bonds. The van der Waals surface area contributed by atoms with Crippen LogP contribution in [-0.2, 0) is 19.4 Å². The number of anilines is 1. The second kappa shape index (κ2) is 11.0. The predicted molar refractivity (Wildman–Crippen MR) is 126 cm³/mol. The highest BCUT2D eigenvalue weighted by Gasteiger charge is 2.23. The van der Waals surface area contributed by atoms with Gasteiger partial charge in [-0.2, -0.15) is 0 Å². The average molecular weight is 538 g/mol. The summed E-state index contributed by atoms with van der Waals surface area (Å²) in [6.45, 7) is -0.694. The van der Waals surface area contributed by atoms with E-state index in [2.05, 4.69) is 10.3 Å². The second-order valence-corrected chi connectivity index (χ2v) is 9.98. The summed E-state index contributed by atoms with van der Waals surface area (Å²) in [5.41, 5.74) is -0.264. The number of carbonyl (C=O) groups excluding carboxylic acids is 2. The van der Waals surface area contributed by atoms with Crippen LogP contribution in [0.25, 0.3) is 0 Å². The number of amides is 1. The van der Waals surface area contributed by atoms with E-state index in [0.717, 1.165) is 30.5 Å². The smallest absolute Gasteiger partial charge is 0.342 e. The van der Waals surface area contributed by atoms with Crippen LogP contribution in [0.4, 0.5) is 10.8 Å². The number of non-ortho nitro benzene ring substituents is 1. The van der Waals surface area contributed by atoms with Gasteiger partial charge in [0.25, 0.3) is 11.6 Å². The number of carbonyl (C=O) groups is 2. The standard InChI is InChI=1S/C21H19N3O10S2/c1-31-15-9-17(33-3)16(32-2)8-14(15)20(26)34-11-18(25)23-21-22-10-19(35-21)36(29,30)13-6-4-12(5-7-13)24(27)28/h4-10H,11H2,1-3H3,(H,22,23,25). The Balaban J connectivity index is 1.66. The first kappa shape index (κ1) is 26.4. The van der Waals surface area contributed by atoms with Crippen molar-refractivity contribution >= 4 is 43.9 Å². The van der Waals surface area contributed by atoms with Crippen LogP contribution >= 0.6 is 11.3 Å². The molecule has 0 atom stereocenters. The normalized spacial score (nSPS) is 10.9. The molecule has 0 aliphatic heterocycles. The van der Waals surface area contributed by atoms with E-state index in [4.69, 9.17) is 18.9 Å². The highest BCUT2D eigenvalue weighted by Crippen LogP contribution is 2.35. The van der Waals surface area contributed by atoms with Gasteiger partial charge in [0.1, 0.15) is 15.5 Å². The van der Waals surface area contributed by atoms with Crippen LogP contribution in [0.3, 0.4) is 0 Å². The van der Waals surface area contributed by atoms with Gasteiger partial charge in [-0.05, 0) is 12.1 Å². The molecule has 0 aliphatic carbocycles. The number of rotatable bonds is 10. The first-order valence-corrected chi connectivity index (χ1v) is 12.1. The first-order chi connectivity index (χ1) is 17.1. The Labute approximate surface area is 208 Å². The van der Waals surface area contributed by atoms with E-state index in [0.29, 0.717) is 17.1 Å². The number of nitro benzene ring substituents is 1. The number of hydrogen-bond donors (Lipinski definition) is 1. The van der Waals surface area contributed by atoms with E-state index in [1.165, 1.54) is 33.5 Å². The quantitative estimate of drug-likeness (QED) is 0.229. The van der Waals surface area contributed by atoms with Crippen molar-refractivity contribution in [2.75, 3.05) is 33.3 Å². The lowest BCUT2D eigenvalue weighted by atomic mass is 10.1. The zero-order valence-electron chi connectivity index (χ0n) is 19.0. The van der Waals surface area contributed by atoms with Crippen molar-refractivity contribution in [1.82, 2.24) is 4.98 Å². The minimum absolute atomic E-state index is 0.00586. The summed E-state index contributed by atoms with van der Waals surface area (Å²) in [4.78, 5) is 38.5. The number of nitrogens with one attached hydrogen (secondary N) is 1. The molecule has 15 heteroatoms. The van der Waals surface area contributed by atoms with Crippen LogP contribution in [0, 0.1) is 10.1 Å². The molecule has 0 saturated carbocycles. The van der Waals surface area contributed by atoms with Gasteiger partial charge in [-0.25, -0.2) is 18.2 Å². The van der Waals surface area contributed by atoms with Gasteiger partial charge in [0.05, 0.1) is 37.3 Å². The van der Waals surface area contributed by atoms with Gasteiger partial charge in [-0.3, -0.25) is 20.2 Å². The third-order valence-electron chi connectivity index (χ3n) is 4.61. The van der Waals surface area contributed by atoms with Crippen molar-refractivity contribution in [3.8, 4) is 17.2 Å². The monoisotopic (exact) mass is 537 g/mol. The third-order valence-corrected chi connectivity index (χ3v) is 7.76. The molecule has 1 N–H and O–H groups in total. The fourth-order valence-corrected chi connectivity index (χ4v) is 5.31. The molecular formula is C21H19N3O10S2. The van der Waals surface area contributed by atoms with Gasteiger partial charge in [0.15, 0.2) is 23.2 Å². The number of thiazole rings is 1. The van der Waals surface area contributed by atoms with Crippen LogP contribution in [0.1, 0.15) is 10.4 Å². The third kappa shape index (κ3) is 5.69. The van der Waals surface area contributed by atoms with E-state index >= 15 is 0 Å². The number of methoxy groups -OCH3 is 3. The number of aromatic nitrogens is 1. The first-order valence-electron chi connectivity index (χ1n) is 9.83. The van der Waals surface area contributed by atoms with E-state index in [1.54, 1.807) is 0 Å². The van der Waals surface area contributed by atoms with Crippen LogP contribution in [-0.4, -0.2) is 58.1 Å². The highest BCUT2D eigenvalue weighted by atomic mass is 32.2. The molecule has 0 unspecified atom stereocenters. The van der Waals surface area contributed by atoms with Gasteiger partial charge in [-0.1, -0.05) is 11.3 Å². The topological polar surface area (TPSA) is 173 Å². The van der Waals surface area contributed by atoms with E-state index in [9.17, 15) is 28.1 Å². The van der Waals surface area contributed by atoms with Crippen LogP contribution < -0.4 is 19.5 Å². The highest BCUT2D eigenvalue weighted by molar-refractivity contribution is 7.93. The van der Waals surface area contributed by atoms with Crippen LogP contribution in [0.15, 0.2) is 51.7 Å². The Morgan fingerprint density at radius 1 is 1.03 bits per heavy atom. The maximum absolute atomic E-state index is 12.7. The molecule has 0 fully saturated rings. The van der Waals surface area contributed by atoms with Gasteiger partial charge < -0.3 is 18.9 Å². The average Bonchev–Trinajstić information content (AvgIpc) is 3.35. The summed E-state index contributed by atoms with van der Waals surface area (Å²) in [5, 5.41) is 13.1. The number of nitro groups is 1. The Kier molecular flexibility index (Phi) is 8.06. The number of esters is 1. The van der Waals surface area contributed by atoms with Crippen molar-refractivity contribution in [3.63, 3.8) is 0 Å². The molecule has 0 spiro atoms. The Morgan fingerprint density at radius 3 is 2.22 bits per heavy atom. The van der Waals surface area contributed by atoms with E-state index in [-0.39, 0.29) is 37.0 Å². The lowest BCUT2D eigenvalue weighted by Gasteiger charge is -2.13. The molecule has 0 saturated heterocycles. The molecule has 0 radical (unpaired) electrons. The largest absolute Gasteiger partial charge is 0.496 e. The summed E-state index contributed by atoms with van der Waals surface area (Å²) >= 11 is 0.663. The number of ether oxygens (including phenoxy) is 4. The molecule has 1 aromatic heterocycles. The number of benzene rings is 2. The van der Waals surface area contributed by atoms with Crippen molar-refractivity contribution in [3.05, 3.63) is 58.3 Å². The SMILES string of the molecule is COc1cc(OC)c(C(=O)OCC(=O)Nc2ncc(S(=O)(=O)c3ccc([N+](=O)[O-])cc3)s2)cc1OC. The molecule has 1 heterocycles. The summed E-state index contributed by atoms with van der Waals surface area (Å²) in [7, 11) is 0.129. The molecule has 13 nitrogen and oxygen atoms in total. The number of hydrogen-bond acceptors (Lipinski definition) is 12. The molecule has 0 bridgehead atoms. The molecule has 2 aromatic carbocycles. The minimum atomic E-state index is -4.02. The lowest BCUT2D eigenvalue weighted by molar-refractivity contribution is -0.384. The summed E-state index contributed by atoms with van der Waals surface area (Å²) < 4.78 is 45.8. The second-order valence-electron chi connectivity index (χ2n) is 6.77. The molecule has 190 valence electrons. The number of sulfone groups is 1. The van der Waals surface area contributed by atoms with Crippen molar-refractivity contribution in [1.29, 1.82) is 0 Å². The molecule has 36 heavy (non-hydrogen) atoms. The van der Waals surface area contributed by atoms with Crippen molar-refractivity contribution in [2.45, 2.75) is 9.10 Å². The predicted octanol–water partition coefficient (Wildman–Crippen LogP) is 2.71. The van der Waals surface area contributed by atoms with Crippen LogP contribution in [0.2, 0.25) is 0 Å². The maximum Gasteiger partial charge on any atom is 0.342 e. The lowest BCUT2D eigenvalue weighted by Crippen LogP contribution is -2.21. The van der Waals surface area contributed by atoms with Crippen molar-refractivity contribution in [2.24, 2.45) is 0 Å². The van der Waals surface area contributed by atoms with E-state index in [1.807, 2.05) is 0 Å². The van der Waals surface area contributed by atoms with Gasteiger partial charge in [0, 0.05) is 24.3 Å². The van der Waals surface area contributed by atoms with Crippen molar-refractivity contribution < 1.29 is 41.9 Å². The van der Waals surface area contributed by atoms with Gasteiger partial charge >= 0.3 is 5.97 Å². The number of nitrogens with zero attached hydrogens (tertiary/aromatic N) is 2. The Bertz CT molecular complexity index is 1400. The molecule has 3 aromatic rings. The summed E-state index contributed by atoms with van der Waals surface area (Å²) in [6, 6.07) is 7.11. The van der Waals surface area contributed by atoms with Gasteiger partial charge in [-0.15, -0.1) is 0 Å². The fraction of sp³-hybridized carbons (Fsp3) is 0.190. The van der Waals surface area contributed by atoms with Gasteiger partial charge in [0.2, 0.25) is 9.84 Å².